The number of hydrogen-bond acceptors (Lipinski definition) is 4. The van der Waals surface area contributed by atoms with Crippen LogP contribution in [0.2, 0.25) is 0 Å². The molecule has 0 aromatic carbocycles. The van der Waals surface area contributed by atoms with E-state index in [1.807, 2.05) is 6.92 Å². The number of carbonyl (C=O) groups is 1. The van der Waals surface area contributed by atoms with Gasteiger partial charge in [0.25, 0.3) is 0 Å². The van der Waals surface area contributed by atoms with E-state index in [0.29, 0.717) is 24.7 Å². The summed E-state index contributed by atoms with van der Waals surface area (Å²) < 4.78 is 0. The molecule has 0 saturated heterocycles. The van der Waals surface area contributed by atoms with Crippen LogP contribution in [0.1, 0.15) is 38.3 Å². The molecule has 1 aliphatic rings. The number of nitrogens with one attached hydrogen (secondary N) is 1. The zero-order chi connectivity index (χ0) is 13.2. The summed E-state index contributed by atoms with van der Waals surface area (Å²) >= 11 is 0. The van der Waals surface area contributed by atoms with E-state index in [1.165, 1.54) is 0 Å². The molecule has 1 saturated carbocycles. The van der Waals surface area contributed by atoms with Gasteiger partial charge in [-0.15, -0.1) is 0 Å². The summed E-state index contributed by atoms with van der Waals surface area (Å²) in [5, 5.41) is 12.6. The number of aryl methyl sites for hydroxylation is 1. The second-order valence-electron chi connectivity index (χ2n) is 5.24. The maximum atomic E-state index is 11.6. The topological polar surface area (TPSA) is 75.1 Å². The van der Waals surface area contributed by atoms with Gasteiger partial charge < -0.3 is 10.4 Å². The Morgan fingerprint density at radius 2 is 2.39 bits per heavy atom. The van der Waals surface area contributed by atoms with Crippen LogP contribution in [0.5, 0.6) is 0 Å². The van der Waals surface area contributed by atoms with Gasteiger partial charge in [0.05, 0.1) is 0 Å². The summed E-state index contributed by atoms with van der Waals surface area (Å²) in [5.41, 5.74) is -0.0808. The maximum Gasteiger partial charge on any atom is 0.329 e. The minimum Gasteiger partial charge on any atom is -0.480 e. The van der Waals surface area contributed by atoms with Crippen LogP contribution in [0.15, 0.2) is 12.3 Å². The summed E-state index contributed by atoms with van der Waals surface area (Å²) in [6, 6.07) is 1.79. The van der Waals surface area contributed by atoms with E-state index in [4.69, 9.17) is 0 Å². The van der Waals surface area contributed by atoms with Crippen LogP contribution in [-0.2, 0) is 4.79 Å². The van der Waals surface area contributed by atoms with Crippen LogP contribution in [-0.4, -0.2) is 26.6 Å². The first-order chi connectivity index (χ1) is 8.52. The van der Waals surface area contributed by atoms with Crippen molar-refractivity contribution in [3.63, 3.8) is 0 Å². The number of carboxylic acid groups (broad SMARTS) is 1. The standard InChI is InChI=1S/C13H19N3O2/c1-9-4-3-6-13(8-9,11(17)18)16-12-14-7-5-10(2)15-12/h5,7,9H,3-4,6,8H2,1-2H3,(H,17,18)(H,14,15,16). The Morgan fingerprint density at radius 1 is 1.61 bits per heavy atom. The molecule has 5 nitrogen and oxygen atoms in total. The third-order valence-corrected chi connectivity index (χ3v) is 3.55. The molecule has 18 heavy (non-hydrogen) atoms. The minimum atomic E-state index is -0.911. The summed E-state index contributed by atoms with van der Waals surface area (Å²) in [6.45, 7) is 3.96. The number of nitrogens with zero attached hydrogens (tertiary/aromatic N) is 2. The molecule has 1 heterocycles. The van der Waals surface area contributed by atoms with Gasteiger partial charge in [-0.2, -0.15) is 0 Å². The van der Waals surface area contributed by atoms with Crippen molar-refractivity contribution in [2.75, 3.05) is 5.32 Å². The third kappa shape index (κ3) is 2.60. The number of aliphatic carboxylic acids is 1. The van der Waals surface area contributed by atoms with E-state index in [0.717, 1.165) is 18.5 Å². The van der Waals surface area contributed by atoms with Gasteiger partial charge >= 0.3 is 5.97 Å². The van der Waals surface area contributed by atoms with Gasteiger partial charge in [-0.25, -0.2) is 14.8 Å². The van der Waals surface area contributed by atoms with E-state index in [-0.39, 0.29) is 0 Å². The number of anilines is 1. The van der Waals surface area contributed by atoms with E-state index < -0.39 is 11.5 Å². The van der Waals surface area contributed by atoms with E-state index >= 15 is 0 Å². The van der Waals surface area contributed by atoms with Gasteiger partial charge in [-0.3, -0.25) is 0 Å². The lowest BCUT2D eigenvalue weighted by molar-refractivity contribution is -0.144. The van der Waals surface area contributed by atoms with Crippen molar-refractivity contribution in [1.82, 2.24) is 9.97 Å². The average molecular weight is 249 g/mol. The molecule has 1 aromatic rings. The van der Waals surface area contributed by atoms with Crippen molar-refractivity contribution in [1.29, 1.82) is 0 Å². The molecule has 0 amide bonds. The van der Waals surface area contributed by atoms with Crippen molar-refractivity contribution in [2.24, 2.45) is 5.92 Å². The highest BCUT2D eigenvalue weighted by Gasteiger charge is 2.42. The Morgan fingerprint density at radius 3 is 3.00 bits per heavy atom. The van der Waals surface area contributed by atoms with Gasteiger partial charge in [-0.1, -0.05) is 19.8 Å². The highest BCUT2D eigenvalue weighted by atomic mass is 16.4. The van der Waals surface area contributed by atoms with Gasteiger partial charge in [0.1, 0.15) is 5.54 Å². The second kappa shape index (κ2) is 4.92. The second-order valence-corrected chi connectivity index (χ2v) is 5.24. The van der Waals surface area contributed by atoms with Crippen LogP contribution >= 0.6 is 0 Å². The fraction of sp³-hybridized carbons (Fsp3) is 0.615. The van der Waals surface area contributed by atoms with E-state index in [9.17, 15) is 9.90 Å². The lowest BCUT2D eigenvalue weighted by Gasteiger charge is -2.37. The number of aromatic nitrogens is 2. The van der Waals surface area contributed by atoms with Gasteiger partial charge in [-0.05, 0) is 31.7 Å². The molecule has 5 heteroatoms. The van der Waals surface area contributed by atoms with Crippen LogP contribution < -0.4 is 5.32 Å². The summed E-state index contributed by atoms with van der Waals surface area (Å²) in [6.07, 6.45) is 4.91. The Balaban J connectivity index is 2.23. The average Bonchev–Trinajstić information content (AvgIpc) is 2.28. The maximum absolute atomic E-state index is 11.6. The zero-order valence-corrected chi connectivity index (χ0v) is 10.8. The number of hydrogen-bond donors (Lipinski definition) is 2. The highest BCUT2D eigenvalue weighted by molar-refractivity contribution is 5.82. The van der Waals surface area contributed by atoms with Gasteiger partial charge in [0.2, 0.25) is 5.95 Å². The fourth-order valence-corrected chi connectivity index (χ4v) is 2.64. The first-order valence-electron chi connectivity index (χ1n) is 6.33. The molecule has 0 bridgehead atoms. The van der Waals surface area contributed by atoms with Crippen LogP contribution in [0.4, 0.5) is 5.95 Å². The number of carboxylic acids is 1. The lowest BCUT2D eigenvalue weighted by Crippen LogP contribution is -2.50. The third-order valence-electron chi connectivity index (χ3n) is 3.55. The minimum absolute atomic E-state index is 0.409. The number of rotatable bonds is 3. The van der Waals surface area contributed by atoms with Crippen LogP contribution in [0.3, 0.4) is 0 Å². The van der Waals surface area contributed by atoms with Gasteiger partial charge in [0, 0.05) is 11.9 Å². The monoisotopic (exact) mass is 249 g/mol. The molecular weight excluding hydrogens is 230 g/mol. The summed E-state index contributed by atoms with van der Waals surface area (Å²) in [7, 11) is 0. The van der Waals surface area contributed by atoms with Crippen molar-refractivity contribution in [3.05, 3.63) is 18.0 Å². The Kier molecular flexibility index (Phi) is 3.50. The molecule has 2 atom stereocenters. The summed E-state index contributed by atoms with van der Waals surface area (Å²) in [4.78, 5) is 19.9. The molecule has 1 aliphatic carbocycles. The fourth-order valence-electron chi connectivity index (χ4n) is 2.64. The molecule has 0 radical (unpaired) electrons. The predicted molar refractivity (Wildman–Crippen MR) is 68.4 cm³/mol. The molecule has 2 unspecified atom stereocenters. The molecule has 0 aliphatic heterocycles. The van der Waals surface area contributed by atoms with Crippen molar-refractivity contribution < 1.29 is 9.90 Å². The molecule has 98 valence electrons. The first-order valence-corrected chi connectivity index (χ1v) is 6.33. The van der Waals surface area contributed by atoms with Gasteiger partial charge in [0.15, 0.2) is 0 Å². The Hall–Kier alpha value is -1.65. The smallest absolute Gasteiger partial charge is 0.329 e. The van der Waals surface area contributed by atoms with Crippen LogP contribution in [0.25, 0.3) is 0 Å². The SMILES string of the molecule is Cc1ccnc(NC2(C(=O)O)CCCC(C)C2)n1. The molecule has 1 fully saturated rings. The molecule has 0 spiro atoms. The normalized spacial score (nSPS) is 27.8. The summed E-state index contributed by atoms with van der Waals surface area (Å²) in [5.74, 6) is 0.0119. The molecule has 1 aromatic heterocycles. The highest BCUT2D eigenvalue weighted by Crippen LogP contribution is 2.34. The largest absolute Gasteiger partial charge is 0.480 e. The quantitative estimate of drug-likeness (QED) is 0.859. The zero-order valence-electron chi connectivity index (χ0n) is 10.8. The molecule has 2 rings (SSSR count). The van der Waals surface area contributed by atoms with E-state index in [2.05, 4.69) is 22.2 Å². The lowest BCUT2D eigenvalue weighted by atomic mass is 9.76. The Bertz CT molecular complexity index is 450. The van der Waals surface area contributed by atoms with Crippen molar-refractivity contribution in [3.8, 4) is 0 Å². The first kappa shape index (κ1) is 12.8. The molecular formula is C13H19N3O2. The van der Waals surface area contributed by atoms with E-state index in [1.54, 1.807) is 12.3 Å². The predicted octanol–water partition coefficient (Wildman–Crippen LogP) is 2.23. The van der Waals surface area contributed by atoms with Crippen molar-refractivity contribution in [2.45, 2.75) is 45.1 Å². The van der Waals surface area contributed by atoms with Crippen molar-refractivity contribution >= 4 is 11.9 Å². The van der Waals surface area contributed by atoms with Crippen LogP contribution in [0, 0.1) is 12.8 Å². The Labute approximate surface area is 107 Å². The molecule has 2 N–H and O–H groups in total.